The summed E-state index contributed by atoms with van der Waals surface area (Å²) in [6.45, 7) is 4.85. The Kier molecular flexibility index (Phi) is 3.96. The molecule has 1 atom stereocenters. The molecule has 0 heterocycles. The Labute approximate surface area is 93.3 Å². The SMILES string of the molecule is Cc1c(C(C)CCN)ccc(O)c1Br. The Balaban J connectivity index is 3.04. The minimum Gasteiger partial charge on any atom is -0.507 e. The summed E-state index contributed by atoms with van der Waals surface area (Å²) in [4.78, 5) is 0. The second kappa shape index (κ2) is 4.80. The summed E-state index contributed by atoms with van der Waals surface area (Å²) in [5, 5.41) is 9.46. The molecule has 1 aromatic carbocycles. The molecule has 0 aliphatic heterocycles. The highest BCUT2D eigenvalue weighted by molar-refractivity contribution is 9.10. The lowest BCUT2D eigenvalue weighted by Crippen LogP contribution is -2.05. The molecule has 0 radical (unpaired) electrons. The van der Waals surface area contributed by atoms with Gasteiger partial charge in [0, 0.05) is 0 Å². The molecule has 0 fully saturated rings. The van der Waals surface area contributed by atoms with Crippen molar-refractivity contribution in [3.63, 3.8) is 0 Å². The fraction of sp³-hybridized carbons (Fsp3) is 0.455. The molecule has 3 heteroatoms. The lowest BCUT2D eigenvalue weighted by molar-refractivity contribution is 0.470. The Bertz CT molecular complexity index is 325. The highest BCUT2D eigenvalue weighted by Gasteiger charge is 2.11. The number of halogens is 1. The molecule has 2 nitrogen and oxygen atoms in total. The van der Waals surface area contributed by atoms with E-state index in [4.69, 9.17) is 5.73 Å². The zero-order valence-electron chi connectivity index (χ0n) is 8.55. The predicted octanol–water partition coefficient (Wildman–Crippen LogP) is 2.92. The van der Waals surface area contributed by atoms with E-state index in [0.29, 0.717) is 18.2 Å². The normalized spacial score (nSPS) is 12.9. The van der Waals surface area contributed by atoms with Gasteiger partial charge in [0.25, 0.3) is 0 Å². The van der Waals surface area contributed by atoms with E-state index >= 15 is 0 Å². The van der Waals surface area contributed by atoms with E-state index in [1.807, 2.05) is 13.0 Å². The zero-order chi connectivity index (χ0) is 10.7. The number of rotatable bonds is 3. The Morgan fingerprint density at radius 3 is 2.71 bits per heavy atom. The number of nitrogens with two attached hydrogens (primary N) is 1. The standard InChI is InChI=1S/C11H16BrNO/c1-7(5-6-13)9-3-4-10(14)11(12)8(9)2/h3-4,7,14H,5-6,13H2,1-2H3. The van der Waals surface area contributed by atoms with Gasteiger partial charge < -0.3 is 10.8 Å². The van der Waals surface area contributed by atoms with Crippen LogP contribution in [0.4, 0.5) is 0 Å². The molecule has 0 saturated carbocycles. The lowest BCUT2D eigenvalue weighted by Gasteiger charge is -2.15. The molecule has 1 unspecified atom stereocenters. The van der Waals surface area contributed by atoms with E-state index in [0.717, 1.165) is 16.5 Å². The highest BCUT2D eigenvalue weighted by Crippen LogP contribution is 2.33. The molecule has 0 aromatic heterocycles. The van der Waals surface area contributed by atoms with Crippen LogP contribution in [-0.4, -0.2) is 11.7 Å². The van der Waals surface area contributed by atoms with E-state index in [9.17, 15) is 5.11 Å². The minimum absolute atomic E-state index is 0.297. The van der Waals surface area contributed by atoms with Gasteiger partial charge in [-0.2, -0.15) is 0 Å². The highest BCUT2D eigenvalue weighted by atomic mass is 79.9. The Morgan fingerprint density at radius 2 is 2.14 bits per heavy atom. The van der Waals surface area contributed by atoms with Crippen molar-refractivity contribution in [1.29, 1.82) is 0 Å². The van der Waals surface area contributed by atoms with E-state index in [-0.39, 0.29) is 0 Å². The first-order valence-electron chi connectivity index (χ1n) is 4.76. The van der Waals surface area contributed by atoms with Gasteiger partial charge in [-0.1, -0.05) is 13.0 Å². The Morgan fingerprint density at radius 1 is 1.50 bits per heavy atom. The van der Waals surface area contributed by atoms with Crippen molar-refractivity contribution >= 4 is 15.9 Å². The fourth-order valence-electron chi connectivity index (χ4n) is 1.63. The first kappa shape index (κ1) is 11.5. The first-order valence-corrected chi connectivity index (χ1v) is 5.55. The molecule has 0 aliphatic rings. The first-order chi connectivity index (χ1) is 6.57. The molecule has 78 valence electrons. The van der Waals surface area contributed by atoms with E-state index in [1.54, 1.807) is 6.07 Å². The van der Waals surface area contributed by atoms with Crippen LogP contribution in [0, 0.1) is 6.92 Å². The number of aromatic hydroxyl groups is 1. The van der Waals surface area contributed by atoms with Gasteiger partial charge in [0.15, 0.2) is 0 Å². The maximum Gasteiger partial charge on any atom is 0.130 e. The van der Waals surface area contributed by atoms with Crippen LogP contribution in [0.1, 0.15) is 30.4 Å². The van der Waals surface area contributed by atoms with Gasteiger partial charge in [0.1, 0.15) is 5.75 Å². The largest absolute Gasteiger partial charge is 0.507 e. The quantitative estimate of drug-likeness (QED) is 0.875. The molecule has 3 N–H and O–H groups in total. The zero-order valence-corrected chi connectivity index (χ0v) is 10.1. The molecule has 0 saturated heterocycles. The summed E-state index contributed by atoms with van der Waals surface area (Å²) >= 11 is 3.37. The van der Waals surface area contributed by atoms with Gasteiger partial charge in [0.05, 0.1) is 4.47 Å². The number of phenolic OH excluding ortho intramolecular Hbond substituents is 1. The van der Waals surface area contributed by atoms with Crippen molar-refractivity contribution in [1.82, 2.24) is 0 Å². The summed E-state index contributed by atoms with van der Waals surface area (Å²) < 4.78 is 0.791. The maximum atomic E-state index is 9.46. The number of benzene rings is 1. The topological polar surface area (TPSA) is 46.2 Å². The summed E-state index contributed by atoms with van der Waals surface area (Å²) in [6.07, 6.45) is 0.970. The van der Waals surface area contributed by atoms with Gasteiger partial charge in [-0.15, -0.1) is 0 Å². The lowest BCUT2D eigenvalue weighted by atomic mass is 9.94. The second-order valence-electron chi connectivity index (χ2n) is 3.59. The third kappa shape index (κ3) is 2.28. The van der Waals surface area contributed by atoms with Crippen molar-refractivity contribution in [3.05, 3.63) is 27.7 Å². The summed E-state index contributed by atoms with van der Waals surface area (Å²) in [7, 11) is 0. The number of hydrogen-bond acceptors (Lipinski definition) is 2. The van der Waals surface area contributed by atoms with Crippen LogP contribution in [0.3, 0.4) is 0 Å². The molecule has 1 aromatic rings. The molecule has 1 rings (SSSR count). The molecule has 0 aliphatic carbocycles. The fourth-order valence-corrected chi connectivity index (χ4v) is 1.99. The van der Waals surface area contributed by atoms with Gasteiger partial charge >= 0.3 is 0 Å². The van der Waals surface area contributed by atoms with Crippen LogP contribution in [0.5, 0.6) is 5.75 Å². The maximum absolute atomic E-state index is 9.46. The third-order valence-electron chi connectivity index (χ3n) is 2.54. The Hall–Kier alpha value is -0.540. The summed E-state index contributed by atoms with van der Waals surface area (Å²) in [6, 6.07) is 3.69. The van der Waals surface area contributed by atoms with E-state index in [1.165, 1.54) is 5.56 Å². The van der Waals surface area contributed by atoms with Gasteiger partial charge in [-0.3, -0.25) is 0 Å². The van der Waals surface area contributed by atoms with Crippen molar-refractivity contribution in [2.24, 2.45) is 5.73 Å². The van der Waals surface area contributed by atoms with Crippen LogP contribution >= 0.6 is 15.9 Å². The summed E-state index contributed by atoms with van der Waals surface area (Å²) in [5.74, 6) is 0.739. The van der Waals surface area contributed by atoms with Crippen LogP contribution < -0.4 is 5.73 Å². The molecule has 14 heavy (non-hydrogen) atoms. The average Bonchev–Trinajstić information content (AvgIpc) is 2.15. The smallest absolute Gasteiger partial charge is 0.130 e. The number of hydrogen-bond donors (Lipinski definition) is 2. The van der Waals surface area contributed by atoms with Gasteiger partial charge in [-0.05, 0) is 58.9 Å². The van der Waals surface area contributed by atoms with Crippen molar-refractivity contribution in [3.8, 4) is 5.75 Å². The minimum atomic E-state index is 0.297. The van der Waals surface area contributed by atoms with Crippen LogP contribution in [0.25, 0.3) is 0 Å². The van der Waals surface area contributed by atoms with E-state index < -0.39 is 0 Å². The molecule has 0 bridgehead atoms. The second-order valence-corrected chi connectivity index (χ2v) is 4.38. The molecule has 0 spiro atoms. The van der Waals surface area contributed by atoms with Gasteiger partial charge in [0.2, 0.25) is 0 Å². The van der Waals surface area contributed by atoms with E-state index in [2.05, 4.69) is 22.9 Å². The third-order valence-corrected chi connectivity index (χ3v) is 3.54. The number of phenols is 1. The van der Waals surface area contributed by atoms with Crippen LogP contribution in [0.15, 0.2) is 16.6 Å². The van der Waals surface area contributed by atoms with Gasteiger partial charge in [-0.25, -0.2) is 0 Å². The molecule has 0 amide bonds. The summed E-state index contributed by atoms with van der Waals surface area (Å²) in [5.41, 5.74) is 7.88. The average molecular weight is 258 g/mol. The van der Waals surface area contributed by atoms with Crippen molar-refractivity contribution in [2.75, 3.05) is 6.54 Å². The predicted molar refractivity (Wildman–Crippen MR) is 62.6 cm³/mol. The van der Waals surface area contributed by atoms with Crippen LogP contribution in [0.2, 0.25) is 0 Å². The monoisotopic (exact) mass is 257 g/mol. The van der Waals surface area contributed by atoms with Crippen molar-refractivity contribution in [2.45, 2.75) is 26.2 Å². The van der Waals surface area contributed by atoms with Crippen LogP contribution in [-0.2, 0) is 0 Å². The van der Waals surface area contributed by atoms with Crippen molar-refractivity contribution < 1.29 is 5.11 Å². The molecular formula is C11H16BrNO. The molecular weight excluding hydrogens is 242 g/mol.